The molecule has 1 aromatic rings. The molecule has 28 heteroatoms. The van der Waals surface area contributed by atoms with E-state index >= 15 is 0 Å². The van der Waals surface area contributed by atoms with E-state index in [-0.39, 0.29) is 131 Å². The molecule has 9 rings (SSSR count). The van der Waals surface area contributed by atoms with Gasteiger partial charge in [0.25, 0.3) is 0 Å². The Labute approximate surface area is 474 Å². The first kappa shape index (κ1) is 64.4. The molecule has 420 valence electrons. The first-order valence-corrected chi connectivity index (χ1v) is 29.8. The number of phenols is 2. The summed E-state index contributed by atoms with van der Waals surface area (Å²) in [6.45, 7) is 0.546. The third-order valence-electron chi connectivity index (χ3n) is 13.7. The SMILES string of the molecule is NCCc1ccc(O)c(O)c1.O=C([O-])CCCC[C@@H]1SC[C@@H]2NC(=O)N[C@@H]21.O=C([O-])CCCC[C@@H]1SC[C@@H]2NC(=O)N[C@@H]21.O=C([O-])CCCC[C@@H]1SC[C@@H]2NC(=O)N[C@@H]21.O=C([O-])CCCC[C@@H]1SC[C@@H]2NC(=O)N[C@@H]21.[Ti+4]. The first-order chi connectivity index (χ1) is 35.9. The summed E-state index contributed by atoms with van der Waals surface area (Å²) in [6.07, 6.45) is 11.3. The molecular formula is C48H71N9O14S4Ti. The number of phenolic OH excluding ortho intramolecular Hbond substituents is 2. The molecule has 0 aliphatic carbocycles. The van der Waals surface area contributed by atoms with E-state index in [2.05, 4.69) is 42.5 Å². The third-order valence-corrected chi connectivity index (χ3v) is 19.7. The molecule has 1 aromatic carbocycles. The van der Waals surface area contributed by atoms with Gasteiger partial charge in [-0.25, -0.2) is 19.2 Å². The van der Waals surface area contributed by atoms with E-state index in [4.69, 9.17) is 15.9 Å². The number of amides is 8. The van der Waals surface area contributed by atoms with E-state index in [9.17, 15) is 58.8 Å². The van der Waals surface area contributed by atoms with Crippen molar-refractivity contribution >= 4 is 95.0 Å². The van der Waals surface area contributed by atoms with Crippen molar-refractivity contribution in [3.63, 3.8) is 0 Å². The number of benzene rings is 1. The van der Waals surface area contributed by atoms with E-state index in [1.165, 1.54) is 12.1 Å². The Kier molecular flexibility index (Phi) is 28.2. The van der Waals surface area contributed by atoms with Crippen LogP contribution in [0.2, 0.25) is 0 Å². The number of unbranched alkanes of at least 4 members (excludes halogenated alkanes) is 4. The number of carboxylic acids is 4. The molecule has 0 bridgehead atoms. The minimum absolute atomic E-state index is 0. The summed E-state index contributed by atoms with van der Waals surface area (Å²) in [5.41, 5.74) is 6.24. The Morgan fingerprint density at radius 3 is 0.974 bits per heavy atom. The number of nitrogens with two attached hydrogens (primary N) is 1. The van der Waals surface area contributed by atoms with Crippen molar-refractivity contribution in [3.05, 3.63) is 23.8 Å². The number of thioether (sulfide) groups is 4. The van der Waals surface area contributed by atoms with Crippen molar-refractivity contribution < 1.29 is 90.7 Å². The van der Waals surface area contributed by atoms with Gasteiger partial charge in [0.2, 0.25) is 0 Å². The second-order valence-corrected chi connectivity index (χ2v) is 24.4. The normalized spacial score (nSPS) is 28.4. The summed E-state index contributed by atoms with van der Waals surface area (Å²) in [5, 5.41) is 83.8. The number of nitrogens with one attached hydrogen (secondary N) is 8. The Balaban J connectivity index is 0.000000206. The van der Waals surface area contributed by atoms with Gasteiger partial charge in [-0.1, -0.05) is 31.7 Å². The summed E-state index contributed by atoms with van der Waals surface area (Å²) in [4.78, 5) is 85.4. The van der Waals surface area contributed by atoms with E-state index in [1.54, 1.807) is 6.07 Å². The van der Waals surface area contributed by atoms with Crippen molar-refractivity contribution in [2.24, 2.45) is 5.73 Å². The first-order valence-electron chi connectivity index (χ1n) is 25.7. The Morgan fingerprint density at radius 1 is 0.461 bits per heavy atom. The van der Waals surface area contributed by atoms with Crippen LogP contribution in [-0.2, 0) is 47.3 Å². The van der Waals surface area contributed by atoms with Crippen LogP contribution in [0.5, 0.6) is 11.5 Å². The zero-order valence-electron chi connectivity index (χ0n) is 42.2. The molecule has 0 saturated carbocycles. The second-order valence-electron chi connectivity index (χ2n) is 19.3. The zero-order chi connectivity index (χ0) is 54.4. The standard InChI is InChI=1S/4C10H16N2O3S.C8H11NO2.Ti/c4*13-8(14)4-2-1-3-7-9-6(5-16-7)11-10(15)12-9;9-4-3-6-1-2-7(10)8(11)5-6;/h4*6-7,9H,1-5H2,(H,13,14)(H2,11,12,15);1-2,5,10-11H,3-4,9H2;/q;;;;;+4/p-4/t4*6-,7-,9-;;/m0000../s1. The van der Waals surface area contributed by atoms with Gasteiger partial charge in [0.1, 0.15) is 0 Å². The summed E-state index contributed by atoms with van der Waals surface area (Å²) in [7, 11) is 0. The molecule has 0 aromatic heterocycles. The number of carboxylic acid groups (broad SMARTS) is 4. The molecule has 0 radical (unpaired) electrons. The molecule has 8 saturated heterocycles. The molecule has 0 spiro atoms. The number of aliphatic carboxylic acids is 4. The number of urea groups is 4. The molecule has 8 aliphatic rings. The molecule has 76 heavy (non-hydrogen) atoms. The topological polar surface area (TPSA) is 392 Å². The number of carbonyl (C=O) groups excluding carboxylic acids is 8. The van der Waals surface area contributed by atoms with Gasteiger partial charge in [-0.2, -0.15) is 47.0 Å². The number of hydrogen-bond acceptors (Lipinski definition) is 19. The van der Waals surface area contributed by atoms with Gasteiger partial charge in [-0.3, -0.25) is 0 Å². The fourth-order valence-electron chi connectivity index (χ4n) is 9.92. The predicted octanol–water partition coefficient (Wildman–Crippen LogP) is -1.56. The van der Waals surface area contributed by atoms with Crippen LogP contribution in [0.4, 0.5) is 19.2 Å². The van der Waals surface area contributed by atoms with Crippen LogP contribution in [0.1, 0.15) is 108 Å². The van der Waals surface area contributed by atoms with Crippen LogP contribution < -0.4 is 68.7 Å². The fraction of sp³-hybridized carbons (Fsp3) is 0.708. The molecule has 8 fully saturated rings. The average molecular weight is 1170 g/mol. The Hall–Kier alpha value is -4.15. The van der Waals surface area contributed by atoms with Crippen LogP contribution >= 0.6 is 47.0 Å². The van der Waals surface area contributed by atoms with Gasteiger partial charge in [-0.05, 0) is 108 Å². The minimum Gasteiger partial charge on any atom is -0.550 e. The van der Waals surface area contributed by atoms with Gasteiger partial charge in [-0.15, -0.1) is 0 Å². The van der Waals surface area contributed by atoms with Crippen LogP contribution in [-0.4, -0.2) is 157 Å². The van der Waals surface area contributed by atoms with Crippen LogP contribution in [0.15, 0.2) is 18.2 Å². The van der Waals surface area contributed by atoms with E-state index < -0.39 is 23.9 Å². The fourth-order valence-corrected chi connectivity index (χ4v) is 16.1. The van der Waals surface area contributed by atoms with Crippen LogP contribution in [0, 0.1) is 0 Å². The molecule has 8 amide bonds. The van der Waals surface area contributed by atoms with Crippen molar-refractivity contribution in [1.29, 1.82) is 0 Å². The zero-order valence-corrected chi connectivity index (χ0v) is 47.0. The summed E-state index contributed by atoms with van der Waals surface area (Å²) >= 11 is 7.42. The van der Waals surface area contributed by atoms with Crippen molar-refractivity contribution in [3.8, 4) is 11.5 Å². The molecular weight excluding hydrogens is 1100 g/mol. The number of hydrogen-bond donors (Lipinski definition) is 11. The number of rotatable bonds is 22. The molecule has 12 atom stereocenters. The molecule has 8 heterocycles. The quantitative estimate of drug-likeness (QED) is 0.0271. The predicted molar refractivity (Wildman–Crippen MR) is 278 cm³/mol. The maximum Gasteiger partial charge on any atom is 4.00 e. The maximum absolute atomic E-state index is 11.1. The molecule has 23 nitrogen and oxygen atoms in total. The van der Waals surface area contributed by atoms with Crippen molar-refractivity contribution in [1.82, 2.24) is 42.5 Å². The number of carbonyl (C=O) groups is 8. The average Bonchev–Trinajstić information content (AvgIpc) is 4.24. The van der Waals surface area contributed by atoms with Crippen molar-refractivity contribution in [2.75, 3.05) is 29.6 Å². The van der Waals surface area contributed by atoms with Crippen molar-refractivity contribution in [2.45, 2.75) is 178 Å². The van der Waals surface area contributed by atoms with Gasteiger partial charge in [0, 0.05) is 67.9 Å². The van der Waals surface area contributed by atoms with Gasteiger partial charge in [0.05, 0.1) is 48.3 Å². The van der Waals surface area contributed by atoms with Crippen LogP contribution in [0.3, 0.4) is 0 Å². The van der Waals surface area contributed by atoms with E-state index in [0.717, 1.165) is 79.9 Å². The summed E-state index contributed by atoms with van der Waals surface area (Å²) in [5.74, 6) is -0.283. The summed E-state index contributed by atoms with van der Waals surface area (Å²) < 4.78 is 0. The van der Waals surface area contributed by atoms with Gasteiger partial charge < -0.3 is 98.1 Å². The Morgan fingerprint density at radius 2 is 0.737 bits per heavy atom. The number of fused-ring (bicyclic) bond motifs is 4. The maximum atomic E-state index is 11.1. The second kappa shape index (κ2) is 33.3. The molecule has 0 unspecified atom stereocenters. The monoisotopic (exact) mass is 1170 g/mol. The van der Waals surface area contributed by atoms with Crippen LogP contribution in [0.25, 0.3) is 0 Å². The Bertz CT molecular complexity index is 1880. The smallest absolute Gasteiger partial charge is 0.550 e. The van der Waals surface area contributed by atoms with E-state index in [0.29, 0.717) is 59.6 Å². The molecule has 8 aliphatic heterocycles. The third kappa shape index (κ3) is 21.6. The number of aromatic hydroxyl groups is 2. The van der Waals surface area contributed by atoms with Gasteiger partial charge >= 0.3 is 45.8 Å². The van der Waals surface area contributed by atoms with E-state index in [1.807, 2.05) is 47.0 Å². The largest absolute Gasteiger partial charge is 4.00 e. The molecule has 12 N–H and O–H groups in total. The summed E-state index contributed by atoms with van der Waals surface area (Å²) in [6, 6.07) is 6.32. The van der Waals surface area contributed by atoms with Gasteiger partial charge in [0.15, 0.2) is 11.5 Å². The minimum atomic E-state index is -0.979.